The molecule has 0 atom stereocenters. The van der Waals surface area contributed by atoms with Crippen LogP contribution in [0.25, 0.3) is 4.96 Å². The van der Waals surface area contributed by atoms with Crippen LogP contribution in [0.1, 0.15) is 18.3 Å². The summed E-state index contributed by atoms with van der Waals surface area (Å²) in [5, 5.41) is 7.84. The van der Waals surface area contributed by atoms with Crippen LogP contribution < -0.4 is 20.9 Å². The van der Waals surface area contributed by atoms with Crippen molar-refractivity contribution in [2.75, 3.05) is 17.7 Å². The zero-order valence-electron chi connectivity index (χ0n) is 14.1. The molecule has 0 spiro atoms. The highest BCUT2D eigenvalue weighted by Crippen LogP contribution is 2.28. The molecule has 0 unspecified atom stereocenters. The molecule has 2 heterocycles. The number of methoxy groups -OCH3 is 1. The van der Waals surface area contributed by atoms with Crippen molar-refractivity contribution in [1.82, 2.24) is 9.38 Å². The van der Waals surface area contributed by atoms with E-state index in [9.17, 15) is 9.59 Å². The van der Waals surface area contributed by atoms with Gasteiger partial charge in [-0.1, -0.05) is 0 Å². The van der Waals surface area contributed by atoms with Gasteiger partial charge in [-0.15, -0.1) is 11.3 Å². The van der Waals surface area contributed by atoms with Crippen molar-refractivity contribution < 1.29 is 9.53 Å². The van der Waals surface area contributed by atoms with Crippen molar-refractivity contribution in [3.8, 4) is 5.75 Å². The first-order valence-corrected chi connectivity index (χ1v) is 8.52. The van der Waals surface area contributed by atoms with Crippen LogP contribution in [-0.2, 0) is 11.3 Å². The number of rotatable bonds is 5. The van der Waals surface area contributed by atoms with Crippen molar-refractivity contribution in [2.24, 2.45) is 0 Å². The molecular formula is C17H18N4O3S. The summed E-state index contributed by atoms with van der Waals surface area (Å²) in [4.78, 5) is 28.6. The molecule has 0 aliphatic carbocycles. The Balaban J connectivity index is 1.85. The van der Waals surface area contributed by atoms with Gasteiger partial charge in [-0.3, -0.25) is 14.0 Å². The van der Waals surface area contributed by atoms with E-state index in [1.54, 1.807) is 29.7 Å². The van der Waals surface area contributed by atoms with E-state index < -0.39 is 0 Å². The molecule has 0 bridgehead atoms. The highest BCUT2D eigenvalue weighted by atomic mass is 32.1. The average molecular weight is 358 g/mol. The predicted molar refractivity (Wildman–Crippen MR) is 98.7 cm³/mol. The summed E-state index contributed by atoms with van der Waals surface area (Å²) >= 11 is 1.43. The fourth-order valence-corrected chi connectivity index (χ4v) is 3.40. The molecule has 1 aromatic carbocycles. The number of thiazole rings is 1. The third kappa shape index (κ3) is 3.63. The highest BCUT2D eigenvalue weighted by Gasteiger charge is 2.09. The Morgan fingerprint density at radius 1 is 1.36 bits per heavy atom. The number of anilines is 2. The minimum Gasteiger partial charge on any atom is -0.495 e. The second kappa shape index (κ2) is 6.94. The number of carbonyl (C=O) groups is 1. The second-order valence-corrected chi connectivity index (χ2v) is 6.37. The van der Waals surface area contributed by atoms with E-state index in [4.69, 9.17) is 4.74 Å². The fraction of sp³-hybridized carbons (Fsp3) is 0.235. The molecule has 25 heavy (non-hydrogen) atoms. The Kier molecular flexibility index (Phi) is 4.71. The monoisotopic (exact) mass is 358 g/mol. The summed E-state index contributed by atoms with van der Waals surface area (Å²) in [6, 6.07) is 6.82. The Morgan fingerprint density at radius 3 is 2.88 bits per heavy atom. The van der Waals surface area contributed by atoms with E-state index >= 15 is 0 Å². The SMILES string of the molecule is COc1ccc(NC(C)=O)cc1NCc1cc(=O)n2c(C)csc2n1. The molecule has 130 valence electrons. The van der Waals surface area contributed by atoms with Gasteiger partial charge in [0.05, 0.1) is 25.0 Å². The predicted octanol–water partition coefficient (Wildman–Crippen LogP) is 2.64. The van der Waals surface area contributed by atoms with Crippen molar-refractivity contribution in [3.63, 3.8) is 0 Å². The molecule has 0 aliphatic rings. The summed E-state index contributed by atoms with van der Waals surface area (Å²) in [6.07, 6.45) is 0. The van der Waals surface area contributed by atoms with Crippen molar-refractivity contribution >= 4 is 33.6 Å². The van der Waals surface area contributed by atoms with Crippen LogP contribution in [-0.4, -0.2) is 22.4 Å². The van der Waals surface area contributed by atoms with Crippen LogP contribution in [0.2, 0.25) is 0 Å². The molecule has 3 rings (SSSR count). The normalized spacial score (nSPS) is 10.7. The molecule has 0 saturated carbocycles. The lowest BCUT2D eigenvalue weighted by Gasteiger charge is -2.13. The number of aryl methyl sites for hydroxylation is 1. The minimum absolute atomic E-state index is 0.0977. The minimum atomic E-state index is -0.149. The smallest absolute Gasteiger partial charge is 0.259 e. The lowest BCUT2D eigenvalue weighted by Crippen LogP contribution is -2.16. The highest BCUT2D eigenvalue weighted by molar-refractivity contribution is 7.15. The van der Waals surface area contributed by atoms with E-state index in [0.29, 0.717) is 34.3 Å². The number of aromatic nitrogens is 2. The van der Waals surface area contributed by atoms with Crippen molar-refractivity contribution in [1.29, 1.82) is 0 Å². The van der Waals surface area contributed by atoms with E-state index in [0.717, 1.165) is 5.69 Å². The van der Waals surface area contributed by atoms with Crippen LogP contribution in [0.5, 0.6) is 5.75 Å². The Labute approximate surface area is 148 Å². The zero-order valence-corrected chi connectivity index (χ0v) is 14.9. The lowest BCUT2D eigenvalue weighted by molar-refractivity contribution is -0.114. The largest absolute Gasteiger partial charge is 0.495 e. The van der Waals surface area contributed by atoms with Gasteiger partial charge in [0.25, 0.3) is 5.56 Å². The van der Waals surface area contributed by atoms with Gasteiger partial charge < -0.3 is 15.4 Å². The van der Waals surface area contributed by atoms with E-state index in [1.165, 1.54) is 24.3 Å². The summed E-state index contributed by atoms with van der Waals surface area (Å²) in [6.45, 7) is 3.69. The summed E-state index contributed by atoms with van der Waals surface area (Å²) < 4.78 is 6.92. The Bertz CT molecular complexity index is 993. The van der Waals surface area contributed by atoms with Gasteiger partial charge in [0.2, 0.25) is 5.91 Å². The number of nitrogens with one attached hydrogen (secondary N) is 2. The summed E-state index contributed by atoms with van der Waals surface area (Å²) in [5.74, 6) is 0.489. The van der Waals surface area contributed by atoms with Gasteiger partial charge in [0.1, 0.15) is 5.75 Å². The second-order valence-electron chi connectivity index (χ2n) is 5.53. The molecule has 1 amide bonds. The maximum atomic E-state index is 12.2. The first-order chi connectivity index (χ1) is 12.0. The first kappa shape index (κ1) is 17.0. The average Bonchev–Trinajstić information content (AvgIpc) is 2.94. The van der Waals surface area contributed by atoms with Gasteiger partial charge in [0.15, 0.2) is 4.96 Å². The molecule has 0 saturated heterocycles. The fourth-order valence-electron chi connectivity index (χ4n) is 2.50. The van der Waals surface area contributed by atoms with Crippen molar-refractivity contribution in [3.05, 3.63) is 51.4 Å². The number of hydrogen-bond donors (Lipinski definition) is 2. The molecular weight excluding hydrogens is 340 g/mol. The molecule has 2 N–H and O–H groups in total. The maximum absolute atomic E-state index is 12.2. The van der Waals surface area contributed by atoms with Gasteiger partial charge in [-0.2, -0.15) is 0 Å². The third-order valence-electron chi connectivity index (χ3n) is 3.61. The number of amides is 1. The number of nitrogens with zero attached hydrogens (tertiary/aromatic N) is 2. The number of ether oxygens (including phenoxy) is 1. The Morgan fingerprint density at radius 2 is 2.16 bits per heavy atom. The molecule has 8 heteroatoms. The molecule has 0 fully saturated rings. The summed E-state index contributed by atoms with van der Waals surface area (Å²) in [5.41, 5.74) is 2.78. The van der Waals surface area contributed by atoms with Gasteiger partial charge in [-0.25, -0.2) is 4.98 Å². The molecule has 0 aliphatic heterocycles. The first-order valence-electron chi connectivity index (χ1n) is 7.64. The molecule has 3 aromatic rings. The van der Waals surface area contributed by atoms with Crippen molar-refractivity contribution in [2.45, 2.75) is 20.4 Å². The van der Waals surface area contributed by atoms with Crippen LogP contribution in [0, 0.1) is 6.92 Å². The molecule has 0 radical (unpaired) electrons. The standard InChI is InChI=1S/C17H18N4O3S/c1-10-9-25-17-20-13(7-16(23)21(10)17)8-18-14-6-12(19-11(2)22)4-5-15(14)24-3/h4-7,9,18H,8H2,1-3H3,(H,19,22). The third-order valence-corrected chi connectivity index (χ3v) is 4.55. The topological polar surface area (TPSA) is 84.7 Å². The lowest BCUT2D eigenvalue weighted by atomic mass is 10.2. The van der Waals surface area contributed by atoms with Crippen LogP contribution >= 0.6 is 11.3 Å². The molecule has 7 nitrogen and oxygen atoms in total. The number of benzene rings is 1. The van der Waals surface area contributed by atoms with E-state index in [2.05, 4.69) is 15.6 Å². The zero-order chi connectivity index (χ0) is 18.0. The quantitative estimate of drug-likeness (QED) is 0.732. The maximum Gasteiger partial charge on any atom is 0.259 e. The number of carbonyl (C=O) groups excluding carboxylic acids is 1. The molecule has 2 aromatic heterocycles. The number of hydrogen-bond acceptors (Lipinski definition) is 6. The van der Waals surface area contributed by atoms with Gasteiger partial charge in [-0.05, 0) is 25.1 Å². The van der Waals surface area contributed by atoms with Crippen LogP contribution in [0.15, 0.2) is 34.4 Å². The van der Waals surface area contributed by atoms with Gasteiger partial charge in [0, 0.05) is 29.8 Å². The van der Waals surface area contributed by atoms with Gasteiger partial charge >= 0.3 is 0 Å². The van der Waals surface area contributed by atoms with E-state index in [1.807, 2.05) is 12.3 Å². The van der Waals surface area contributed by atoms with E-state index in [-0.39, 0.29) is 11.5 Å². The summed E-state index contributed by atoms with van der Waals surface area (Å²) in [7, 11) is 1.57. The Hall–Kier alpha value is -2.87. The van der Waals surface area contributed by atoms with Crippen LogP contribution in [0.4, 0.5) is 11.4 Å². The number of fused-ring (bicyclic) bond motifs is 1. The van der Waals surface area contributed by atoms with Crippen LogP contribution in [0.3, 0.4) is 0 Å².